The number of carbonyl (C=O) groups is 4. The number of allylic oxidation sites excluding steroid dienone is 1. The number of aliphatic hydroxyl groups excluding tert-OH is 1. The predicted molar refractivity (Wildman–Crippen MR) is 218 cm³/mol. The number of carbonyl (C=O) groups excluding carboxylic acids is 4. The van der Waals surface area contributed by atoms with Crippen molar-refractivity contribution < 1.29 is 38.5 Å². The Bertz CT molecular complexity index is 1890. The van der Waals surface area contributed by atoms with Crippen LogP contribution in [-0.2, 0) is 33.4 Å². The molecule has 298 valence electrons. The average molecular weight is 831 g/mol. The number of alkyl halides is 1. The molecule has 8 atom stereocenters. The minimum absolute atomic E-state index is 0.0547. The fourth-order valence-corrected chi connectivity index (χ4v) is 9.68. The predicted octanol–water partition coefficient (Wildman–Crippen LogP) is 6.04. The lowest BCUT2D eigenvalue weighted by atomic mass is 9.70. The maximum Gasteiger partial charge on any atom is 0.313 e. The Morgan fingerprint density at radius 1 is 1.04 bits per heavy atom. The van der Waals surface area contributed by atoms with Crippen LogP contribution < -0.4 is 10.2 Å². The van der Waals surface area contributed by atoms with Crippen LogP contribution in [0, 0.1) is 11.8 Å². The number of benzene rings is 3. The van der Waals surface area contributed by atoms with E-state index in [-0.39, 0.29) is 55.3 Å². The third kappa shape index (κ3) is 8.34. The number of rotatable bonds is 20. The number of aliphatic hydroxyl groups is 1. The molecule has 3 amide bonds. The summed E-state index contributed by atoms with van der Waals surface area (Å²) in [5.41, 5.74) is -0.00919. The molecule has 3 aromatic carbocycles. The molecule has 12 heteroatoms. The van der Waals surface area contributed by atoms with Gasteiger partial charge in [0.25, 0.3) is 5.91 Å². The largest absolute Gasteiger partial charge is 0.455 e. The van der Waals surface area contributed by atoms with E-state index in [4.69, 9.17) is 14.2 Å². The molecular weight excluding hydrogens is 778 g/mol. The van der Waals surface area contributed by atoms with Crippen molar-refractivity contribution in [2.75, 3.05) is 38.3 Å². The number of anilines is 1. The van der Waals surface area contributed by atoms with Crippen LogP contribution in [-0.4, -0.2) is 95.7 Å². The Balaban J connectivity index is 1.36. The number of ether oxygens (including phenoxy) is 3. The van der Waals surface area contributed by atoms with Crippen LogP contribution in [0.25, 0.3) is 10.8 Å². The summed E-state index contributed by atoms with van der Waals surface area (Å²) in [5, 5.41) is 14.3. The summed E-state index contributed by atoms with van der Waals surface area (Å²) < 4.78 is 18.7. The van der Waals surface area contributed by atoms with Crippen molar-refractivity contribution in [3.8, 4) is 0 Å². The fraction of sp³-hybridized carbons (Fsp3) is 0.455. The quantitative estimate of drug-likeness (QED) is 0.0610. The summed E-state index contributed by atoms with van der Waals surface area (Å²) in [7, 11) is 1.51. The molecule has 3 aliphatic rings. The van der Waals surface area contributed by atoms with E-state index in [1.165, 1.54) is 7.11 Å². The Labute approximate surface area is 337 Å². The molecule has 0 aromatic heterocycles. The average Bonchev–Trinajstić information content (AvgIpc) is 3.80. The first-order valence-electron chi connectivity index (χ1n) is 19.5. The lowest BCUT2D eigenvalue weighted by molar-refractivity contribution is -0.163. The van der Waals surface area contributed by atoms with Gasteiger partial charge in [0, 0.05) is 43.7 Å². The number of hydrogen-bond acceptors (Lipinski definition) is 8. The third-order valence-electron chi connectivity index (χ3n) is 11.2. The van der Waals surface area contributed by atoms with Crippen molar-refractivity contribution in [2.45, 2.75) is 79.7 Å². The fourth-order valence-electron chi connectivity index (χ4n) is 8.74. The van der Waals surface area contributed by atoms with E-state index in [2.05, 4.69) is 34.4 Å². The number of halogens is 1. The summed E-state index contributed by atoms with van der Waals surface area (Å²) in [4.78, 5) is 60.6. The van der Waals surface area contributed by atoms with Gasteiger partial charge in [0.05, 0.1) is 30.6 Å². The summed E-state index contributed by atoms with van der Waals surface area (Å²) in [6, 6.07) is 21.1. The molecule has 2 bridgehead atoms. The van der Waals surface area contributed by atoms with Gasteiger partial charge < -0.3 is 34.4 Å². The maximum atomic E-state index is 15.2. The number of unbranched alkanes of at least 4 members (excludes halogenated alkanes) is 3. The van der Waals surface area contributed by atoms with E-state index >= 15 is 4.79 Å². The molecule has 0 radical (unpaired) electrons. The van der Waals surface area contributed by atoms with Gasteiger partial charge in [-0.3, -0.25) is 19.2 Å². The van der Waals surface area contributed by atoms with Crippen LogP contribution in [0.2, 0.25) is 0 Å². The normalized spacial score (nSPS) is 24.7. The highest BCUT2D eigenvalue weighted by Gasteiger charge is 2.77. The van der Waals surface area contributed by atoms with Gasteiger partial charge in [-0.05, 0) is 54.2 Å². The monoisotopic (exact) mass is 829 g/mol. The van der Waals surface area contributed by atoms with Gasteiger partial charge in [0.2, 0.25) is 11.8 Å². The molecule has 1 spiro atoms. The zero-order valence-electron chi connectivity index (χ0n) is 31.9. The molecule has 3 aromatic rings. The molecule has 3 saturated heterocycles. The first kappa shape index (κ1) is 41.3. The molecule has 56 heavy (non-hydrogen) atoms. The van der Waals surface area contributed by atoms with Crippen LogP contribution in [0.15, 0.2) is 98.1 Å². The molecule has 0 saturated carbocycles. The molecule has 3 heterocycles. The molecule has 0 aliphatic carbocycles. The lowest BCUT2D eigenvalue weighted by Gasteiger charge is -2.37. The molecule has 6 rings (SSSR count). The summed E-state index contributed by atoms with van der Waals surface area (Å²) >= 11 is 3.78. The van der Waals surface area contributed by atoms with Crippen LogP contribution in [0.3, 0.4) is 0 Å². The summed E-state index contributed by atoms with van der Waals surface area (Å²) in [6.07, 6.45) is 5.41. The van der Waals surface area contributed by atoms with Crippen molar-refractivity contribution in [1.82, 2.24) is 10.2 Å². The Kier molecular flexibility index (Phi) is 13.8. The Hall–Kier alpha value is -4.36. The smallest absolute Gasteiger partial charge is 0.313 e. The molecule has 3 fully saturated rings. The van der Waals surface area contributed by atoms with E-state index in [1.54, 1.807) is 22.0 Å². The van der Waals surface area contributed by atoms with Crippen molar-refractivity contribution in [2.24, 2.45) is 11.8 Å². The molecular formula is C44H52BrN3O8. The molecule has 3 aliphatic heterocycles. The zero-order valence-corrected chi connectivity index (χ0v) is 33.5. The van der Waals surface area contributed by atoms with Gasteiger partial charge in [0.15, 0.2) is 0 Å². The summed E-state index contributed by atoms with van der Waals surface area (Å²) in [5.74, 6) is -3.55. The van der Waals surface area contributed by atoms with Gasteiger partial charge in [-0.15, -0.1) is 13.2 Å². The van der Waals surface area contributed by atoms with Crippen molar-refractivity contribution in [1.29, 1.82) is 0 Å². The first-order valence-corrected chi connectivity index (χ1v) is 20.4. The highest BCUT2D eigenvalue weighted by molar-refractivity contribution is 9.09. The van der Waals surface area contributed by atoms with E-state index in [9.17, 15) is 19.5 Å². The number of likely N-dealkylation sites (tertiary alicyclic amines) is 1. The number of nitrogens with one attached hydrogen (secondary N) is 1. The van der Waals surface area contributed by atoms with E-state index in [0.717, 1.165) is 23.6 Å². The van der Waals surface area contributed by atoms with Gasteiger partial charge >= 0.3 is 5.97 Å². The molecule has 1 unspecified atom stereocenters. The van der Waals surface area contributed by atoms with Crippen LogP contribution in [0.5, 0.6) is 0 Å². The molecule has 2 N–H and O–H groups in total. The van der Waals surface area contributed by atoms with Crippen molar-refractivity contribution in [3.05, 3.63) is 104 Å². The summed E-state index contributed by atoms with van der Waals surface area (Å²) in [6.45, 7) is 8.26. The highest BCUT2D eigenvalue weighted by atomic mass is 79.9. The second kappa shape index (κ2) is 18.7. The minimum Gasteiger partial charge on any atom is -0.455 e. The molecule has 11 nitrogen and oxygen atoms in total. The van der Waals surface area contributed by atoms with E-state index < -0.39 is 47.7 Å². The number of amides is 3. The van der Waals surface area contributed by atoms with E-state index in [0.29, 0.717) is 36.9 Å². The second-order valence-electron chi connectivity index (χ2n) is 14.8. The second-order valence-corrected chi connectivity index (χ2v) is 16.0. The number of methoxy groups -OCH3 is 1. The lowest BCUT2D eigenvalue weighted by Crippen LogP contribution is -2.57. The van der Waals surface area contributed by atoms with Gasteiger partial charge in [0.1, 0.15) is 17.7 Å². The van der Waals surface area contributed by atoms with Crippen LogP contribution >= 0.6 is 15.9 Å². The SMILES string of the molecule is C=CCCC(=O)N[C@@H](COC)[C@@H](OC(=O)[C@H]1[C@@H]2O[C@@]3(CC2Br)[C@@H]1C(=O)N(CCCCCCO)[C@@H]3C(=O)N(CC=C)c1ccc2ccccc2c1)c1ccccc1. The van der Waals surface area contributed by atoms with Gasteiger partial charge in [-0.2, -0.15) is 0 Å². The van der Waals surface area contributed by atoms with E-state index in [1.807, 2.05) is 72.8 Å². The van der Waals surface area contributed by atoms with Crippen molar-refractivity contribution in [3.63, 3.8) is 0 Å². The number of esters is 1. The zero-order chi connectivity index (χ0) is 39.8. The Morgan fingerprint density at radius 2 is 1.77 bits per heavy atom. The standard InChI is InChI=1S/C44H52BrN3O8/c1-4-6-20-35(50)46-34(28-54-3)38(30-17-10-9-11-18-30)55-43(53)36-37-41(51)48(24-14-7-8-15-25-49)40(44(37)27-33(45)39(36)56-44)42(52)47(23-5-2)32-22-21-29-16-12-13-19-31(29)26-32/h4-5,9-13,16-19,21-22,26,33-34,36-40,49H,1-2,6-8,14-15,20,23-25,27-28H2,3H3,(H,46,50)/t33?,34-,36+,37-,38-,39+,40+,44-/m0/s1. The topological polar surface area (TPSA) is 135 Å². The van der Waals surface area contributed by atoms with Crippen molar-refractivity contribution >= 4 is 56.1 Å². The highest BCUT2D eigenvalue weighted by Crippen LogP contribution is 2.60. The maximum absolute atomic E-state index is 15.2. The number of fused-ring (bicyclic) bond motifs is 2. The first-order chi connectivity index (χ1) is 27.2. The third-order valence-corrected chi connectivity index (χ3v) is 12.1. The van der Waals surface area contributed by atoms with Crippen LogP contribution in [0.1, 0.15) is 56.6 Å². The number of hydrogen-bond donors (Lipinski definition) is 2. The Morgan fingerprint density at radius 3 is 2.48 bits per heavy atom. The van der Waals surface area contributed by atoms with Gasteiger partial charge in [-0.1, -0.05) is 102 Å². The number of nitrogens with zero attached hydrogens (tertiary/aromatic N) is 2. The van der Waals surface area contributed by atoms with Gasteiger partial charge in [-0.25, -0.2) is 0 Å². The van der Waals surface area contributed by atoms with Crippen LogP contribution in [0.4, 0.5) is 5.69 Å². The minimum atomic E-state index is -1.31.